The maximum Gasteiger partial charge on any atom is 0.416 e. The maximum absolute atomic E-state index is 12.9. The van der Waals surface area contributed by atoms with Crippen LogP contribution in [0.3, 0.4) is 0 Å². The van der Waals surface area contributed by atoms with Crippen LogP contribution in [0.25, 0.3) is 0 Å². The fraction of sp³-hybridized carbons (Fsp3) is 0.474. The van der Waals surface area contributed by atoms with Crippen LogP contribution in [0.5, 0.6) is 0 Å². The van der Waals surface area contributed by atoms with Gasteiger partial charge in [0, 0.05) is 24.8 Å². The SMILES string of the molecule is CCNC(=NCc1c(C)nn(C)c1C)NC(C)c1cccc(C(F)(F)F)c1.I. The van der Waals surface area contributed by atoms with Crippen LogP contribution in [0.2, 0.25) is 0 Å². The van der Waals surface area contributed by atoms with Crippen molar-refractivity contribution in [1.29, 1.82) is 0 Å². The van der Waals surface area contributed by atoms with Gasteiger partial charge in [0.2, 0.25) is 0 Å². The van der Waals surface area contributed by atoms with E-state index in [1.807, 2.05) is 39.4 Å². The van der Waals surface area contributed by atoms with Gasteiger partial charge < -0.3 is 10.6 Å². The van der Waals surface area contributed by atoms with E-state index < -0.39 is 11.7 Å². The van der Waals surface area contributed by atoms with Crippen LogP contribution >= 0.6 is 24.0 Å². The molecule has 2 aromatic rings. The molecular formula is C19H27F3IN5. The molecule has 0 bridgehead atoms. The van der Waals surface area contributed by atoms with E-state index in [1.54, 1.807) is 6.07 Å². The molecule has 1 atom stereocenters. The molecule has 1 aromatic heterocycles. The number of nitrogens with one attached hydrogen (secondary N) is 2. The van der Waals surface area contributed by atoms with E-state index in [0.717, 1.165) is 29.1 Å². The Hall–Kier alpha value is -1.78. The molecule has 1 aromatic carbocycles. The first-order chi connectivity index (χ1) is 12.6. The third kappa shape index (κ3) is 6.11. The van der Waals surface area contributed by atoms with Gasteiger partial charge in [0.05, 0.1) is 23.8 Å². The quantitative estimate of drug-likeness (QED) is 0.355. The molecule has 0 aliphatic carbocycles. The monoisotopic (exact) mass is 509 g/mol. The lowest BCUT2D eigenvalue weighted by atomic mass is 10.1. The summed E-state index contributed by atoms with van der Waals surface area (Å²) in [4.78, 5) is 4.57. The molecule has 0 radical (unpaired) electrons. The number of rotatable bonds is 5. The van der Waals surface area contributed by atoms with Gasteiger partial charge in [0.25, 0.3) is 0 Å². The minimum absolute atomic E-state index is 0. The number of nitrogens with zero attached hydrogens (tertiary/aromatic N) is 3. The fourth-order valence-electron chi connectivity index (χ4n) is 2.80. The van der Waals surface area contributed by atoms with Crippen LogP contribution in [0, 0.1) is 13.8 Å². The Morgan fingerprint density at radius 1 is 1.29 bits per heavy atom. The lowest BCUT2D eigenvalue weighted by Gasteiger charge is -2.19. The molecular weight excluding hydrogens is 482 g/mol. The number of halogens is 4. The summed E-state index contributed by atoms with van der Waals surface area (Å²) in [5.41, 5.74) is 2.89. The molecule has 0 fully saturated rings. The van der Waals surface area contributed by atoms with E-state index in [-0.39, 0.29) is 30.0 Å². The van der Waals surface area contributed by atoms with Crippen LogP contribution in [-0.2, 0) is 19.8 Å². The van der Waals surface area contributed by atoms with Gasteiger partial charge in [0.1, 0.15) is 0 Å². The van der Waals surface area contributed by atoms with E-state index in [1.165, 1.54) is 6.07 Å². The number of aromatic nitrogens is 2. The van der Waals surface area contributed by atoms with Crippen molar-refractivity contribution in [2.24, 2.45) is 12.0 Å². The first kappa shape index (κ1) is 24.3. The van der Waals surface area contributed by atoms with Gasteiger partial charge in [-0.3, -0.25) is 4.68 Å². The molecule has 0 aliphatic rings. The van der Waals surface area contributed by atoms with Crippen molar-refractivity contribution in [2.45, 2.75) is 46.5 Å². The Morgan fingerprint density at radius 2 is 1.96 bits per heavy atom. The molecule has 0 saturated heterocycles. The lowest BCUT2D eigenvalue weighted by Crippen LogP contribution is -2.38. The number of benzene rings is 1. The summed E-state index contributed by atoms with van der Waals surface area (Å²) in [5.74, 6) is 0.546. The molecule has 2 rings (SSSR count). The Morgan fingerprint density at radius 3 is 2.50 bits per heavy atom. The average molecular weight is 509 g/mol. The van der Waals surface area contributed by atoms with Crippen molar-refractivity contribution in [2.75, 3.05) is 6.54 Å². The summed E-state index contributed by atoms with van der Waals surface area (Å²) in [7, 11) is 1.88. The molecule has 9 heteroatoms. The van der Waals surface area contributed by atoms with Crippen molar-refractivity contribution >= 4 is 29.9 Å². The second kappa shape index (κ2) is 10.1. The second-order valence-corrected chi connectivity index (χ2v) is 6.46. The zero-order valence-corrected chi connectivity index (χ0v) is 19.0. The molecule has 5 nitrogen and oxygen atoms in total. The summed E-state index contributed by atoms with van der Waals surface area (Å²) in [6.45, 7) is 8.75. The first-order valence-electron chi connectivity index (χ1n) is 8.84. The second-order valence-electron chi connectivity index (χ2n) is 6.46. The summed E-state index contributed by atoms with van der Waals surface area (Å²) < 4.78 is 40.6. The van der Waals surface area contributed by atoms with Gasteiger partial charge in [-0.15, -0.1) is 24.0 Å². The normalized spacial score (nSPS) is 13.1. The molecule has 0 amide bonds. The van der Waals surface area contributed by atoms with E-state index in [2.05, 4.69) is 20.7 Å². The standard InChI is InChI=1S/C19H26F3N5.HI/c1-6-23-18(24-11-17-13(3)26-27(5)14(17)4)25-12(2)15-8-7-9-16(10-15)19(20,21)22;/h7-10,12H,6,11H2,1-5H3,(H2,23,24,25);1H. The zero-order chi connectivity index (χ0) is 20.2. The maximum atomic E-state index is 12.9. The minimum Gasteiger partial charge on any atom is -0.357 e. The molecule has 0 aliphatic heterocycles. The van der Waals surface area contributed by atoms with Gasteiger partial charge in [-0.2, -0.15) is 18.3 Å². The largest absolute Gasteiger partial charge is 0.416 e. The van der Waals surface area contributed by atoms with Crippen molar-refractivity contribution in [1.82, 2.24) is 20.4 Å². The van der Waals surface area contributed by atoms with E-state index in [9.17, 15) is 13.2 Å². The van der Waals surface area contributed by atoms with Gasteiger partial charge >= 0.3 is 6.18 Å². The minimum atomic E-state index is -4.36. The van der Waals surface area contributed by atoms with Crippen LogP contribution in [0.4, 0.5) is 13.2 Å². The fourth-order valence-corrected chi connectivity index (χ4v) is 2.80. The highest BCUT2D eigenvalue weighted by Gasteiger charge is 2.30. The van der Waals surface area contributed by atoms with Crippen molar-refractivity contribution < 1.29 is 13.2 Å². The van der Waals surface area contributed by atoms with Gasteiger partial charge in [-0.1, -0.05) is 12.1 Å². The zero-order valence-electron chi connectivity index (χ0n) is 16.7. The average Bonchev–Trinajstić information content (AvgIpc) is 2.84. The first-order valence-corrected chi connectivity index (χ1v) is 8.84. The Bertz CT molecular complexity index is 814. The third-order valence-electron chi connectivity index (χ3n) is 4.47. The number of hydrogen-bond acceptors (Lipinski definition) is 2. The Labute approximate surface area is 180 Å². The highest BCUT2D eigenvalue weighted by Crippen LogP contribution is 2.30. The van der Waals surface area contributed by atoms with Crippen LogP contribution in [-0.4, -0.2) is 22.3 Å². The van der Waals surface area contributed by atoms with Crippen molar-refractivity contribution in [3.63, 3.8) is 0 Å². The summed E-state index contributed by atoms with van der Waals surface area (Å²) in [5, 5.41) is 10.7. The molecule has 2 N–H and O–H groups in total. The number of alkyl halides is 3. The summed E-state index contributed by atoms with van der Waals surface area (Å²) in [6, 6.07) is 5.00. The van der Waals surface area contributed by atoms with Gasteiger partial charge in [-0.25, -0.2) is 4.99 Å². The highest BCUT2D eigenvalue weighted by atomic mass is 127. The van der Waals surface area contributed by atoms with Gasteiger partial charge in [-0.05, 0) is 45.4 Å². The predicted molar refractivity (Wildman–Crippen MR) is 116 cm³/mol. The smallest absolute Gasteiger partial charge is 0.357 e. The molecule has 28 heavy (non-hydrogen) atoms. The molecule has 0 spiro atoms. The van der Waals surface area contributed by atoms with E-state index >= 15 is 0 Å². The highest BCUT2D eigenvalue weighted by molar-refractivity contribution is 14.0. The van der Waals surface area contributed by atoms with Gasteiger partial charge in [0.15, 0.2) is 5.96 Å². The molecule has 1 heterocycles. The number of aliphatic imine (C=N–C) groups is 1. The third-order valence-corrected chi connectivity index (χ3v) is 4.47. The summed E-state index contributed by atoms with van der Waals surface area (Å²) in [6.07, 6.45) is -4.36. The van der Waals surface area contributed by atoms with E-state index in [4.69, 9.17) is 0 Å². The topological polar surface area (TPSA) is 54.2 Å². The molecule has 0 saturated carbocycles. The van der Waals surface area contributed by atoms with Crippen LogP contribution < -0.4 is 10.6 Å². The number of hydrogen-bond donors (Lipinski definition) is 2. The van der Waals surface area contributed by atoms with Crippen molar-refractivity contribution in [3.8, 4) is 0 Å². The van der Waals surface area contributed by atoms with Crippen molar-refractivity contribution in [3.05, 3.63) is 52.3 Å². The molecule has 1 unspecified atom stereocenters. The molecule has 156 valence electrons. The number of guanidine groups is 1. The number of aryl methyl sites for hydroxylation is 2. The van der Waals surface area contributed by atoms with E-state index in [0.29, 0.717) is 24.6 Å². The van der Waals surface area contributed by atoms with Crippen LogP contribution in [0.15, 0.2) is 29.3 Å². The van der Waals surface area contributed by atoms with Crippen LogP contribution in [0.1, 0.15) is 48.0 Å². The Balaban J connectivity index is 0.00000392. The lowest BCUT2D eigenvalue weighted by molar-refractivity contribution is -0.137. The Kier molecular flexibility index (Phi) is 8.77. The summed E-state index contributed by atoms with van der Waals surface area (Å²) >= 11 is 0. The predicted octanol–water partition coefficient (Wildman–Crippen LogP) is 4.49.